The van der Waals surface area contributed by atoms with Crippen LogP contribution in [0.3, 0.4) is 0 Å². The number of benzene rings is 2. The van der Waals surface area contributed by atoms with Gasteiger partial charge in [0.15, 0.2) is 11.5 Å². The number of aliphatic hydroxyl groups is 1. The molecule has 0 spiro atoms. The van der Waals surface area contributed by atoms with Gasteiger partial charge >= 0.3 is 0 Å². The summed E-state index contributed by atoms with van der Waals surface area (Å²) in [5.74, 6) is -1.78. The van der Waals surface area contributed by atoms with E-state index in [1.165, 1.54) is 36.3 Å². The lowest BCUT2D eigenvalue weighted by Crippen LogP contribution is -2.32. The maximum Gasteiger partial charge on any atom is 0.295 e. The molecule has 1 atom stereocenters. The molecule has 32 heavy (non-hydrogen) atoms. The highest BCUT2D eigenvalue weighted by Gasteiger charge is 2.46. The van der Waals surface area contributed by atoms with Crippen LogP contribution in [0.5, 0.6) is 11.5 Å². The number of ether oxygens (including phenoxy) is 1. The van der Waals surface area contributed by atoms with E-state index in [2.05, 4.69) is 0 Å². The second-order valence-electron chi connectivity index (χ2n) is 7.71. The zero-order valence-electron chi connectivity index (χ0n) is 17.9. The van der Waals surface area contributed by atoms with Crippen LogP contribution >= 0.6 is 23.2 Å². The predicted molar refractivity (Wildman–Crippen MR) is 123 cm³/mol. The van der Waals surface area contributed by atoms with E-state index in [1.807, 2.05) is 19.0 Å². The summed E-state index contributed by atoms with van der Waals surface area (Å²) < 4.78 is 5.10. The van der Waals surface area contributed by atoms with Crippen molar-refractivity contribution >= 4 is 40.7 Å². The summed E-state index contributed by atoms with van der Waals surface area (Å²) in [6.45, 7) is 0.995. The molecular formula is C23H24Cl2N2O5. The number of aliphatic hydroxyl groups excluding tert-OH is 1. The number of Topliss-reactive ketones (excluding diaryl/α,β-unsaturated/α-hetero) is 1. The molecular weight excluding hydrogens is 455 g/mol. The predicted octanol–water partition coefficient (Wildman–Crippen LogP) is 4.08. The highest BCUT2D eigenvalue weighted by atomic mass is 35.5. The van der Waals surface area contributed by atoms with Crippen molar-refractivity contribution in [1.82, 2.24) is 9.80 Å². The Kier molecular flexibility index (Phi) is 7.33. The zero-order chi connectivity index (χ0) is 23.6. The van der Waals surface area contributed by atoms with Crippen molar-refractivity contribution in [3.8, 4) is 11.5 Å². The van der Waals surface area contributed by atoms with E-state index >= 15 is 0 Å². The molecule has 1 heterocycles. The monoisotopic (exact) mass is 478 g/mol. The first kappa shape index (κ1) is 23.9. The first-order chi connectivity index (χ1) is 15.1. The Morgan fingerprint density at radius 1 is 1.12 bits per heavy atom. The smallest absolute Gasteiger partial charge is 0.295 e. The van der Waals surface area contributed by atoms with Crippen LogP contribution in [0.25, 0.3) is 5.76 Å². The first-order valence-electron chi connectivity index (χ1n) is 9.91. The molecule has 7 nitrogen and oxygen atoms in total. The third-order valence-corrected chi connectivity index (χ3v) is 6.00. The third-order valence-electron chi connectivity index (χ3n) is 5.26. The Labute approximate surface area is 196 Å². The number of ketones is 1. The summed E-state index contributed by atoms with van der Waals surface area (Å²) in [5.41, 5.74) is 0.644. The quantitative estimate of drug-likeness (QED) is 0.354. The summed E-state index contributed by atoms with van der Waals surface area (Å²) in [6, 6.07) is 8.19. The molecule has 170 valence electrons. The molecule has 2 N–H and O–H groups in total. The Morgan fingerprint density at radius 2 is 1.84 bits per heavy atom. The fraction of sp³-hybridized carbons (Fsp3) is 0.304. The third kappa shape index (κ3) is 4.70. The van der Waals surface area contributed by atoms with Gasteiger partial charge in [-0.25, -0.2) is 0 Å². The summed E-state index contributed by atoms with van der Waals surface area (Å²) in [5, 5.41) is 21.8. The molecule has 2 aromatic carbocycles. The zero-order valence-corrected chi connectivity index (χ0v) is 19.4. The molecule has 0 radical (unpaired) electrons. The number of methoxy groups -OCH3 is 1. The van der Waals surface area contributed by atoms with Gasteiger partial charge in [0, 0.05) is 12.1 Å². The number of likely N-dealkylation sites (tertiary alicyclic amines) is 1. The number of amides is 1. The van der Waals surface area contributed by atoms with E-state index in [1.54, 1.807) is 12.1 Å². The van der Waals surface area contributed by atoms with Crippen molar-refractivity contribution in [3.63, 3.8) is 0 Å². The van der Waals surface area contributed by atoms with E-state index in [-0.39, 0.29) is 33.4 Å². The van der Waals surface area contributed by atoms with E-state index in [4.69, 9.17) is 27.9 Å². The molecule has 0 bridgehead atoms. The number of carbonyl (C=O) groups excluding carboxylic acids is 2. The SMILES string of the molecule is COc1ccc(C2/C(=C(/O)c3ccc(Cl)c(Cl)c3)C(=O)C(=O)N2CCCN(C)C)cc1O. The topological polar surface area (TPSA) is 90.3 Å². The van der Waals surface area contributed by atoms with Gasteiger partial charge in [0.2, 0.25) is 0 Å². The van der Waals surface area contributed by atoms with Crippen molar-refractivity contribution in [2.45, 2.75) is 12.5 Å². The number of aromatic hydroxyl groups is 1. The molecule has 1 unspecified atom stereocenters. The fourth-order valence-electron chi connectivity index (χ4n) is 3.69. The van der Waals surface area contributed by atoms with E-state index in [9.17, 15) is 19.8 Å². The van der Waals surface area contributed by atoms with Crippen LogP contribution in [0.15, 0.2) is 42.0 Å². The highest BCUT2D eigenvalue weighted by molar-refractivity contribution is 6.46. The summed E-state index contributed by atoms with van der Waals surface area (Å²) >= 11 is 12.1. The van der Waals surface area contributed by atoms with Gasteiger partial charge in [-0.1, -0.05) is 29.3 Å². The number of nitrogens with zero attached hydrogens (tertiary/aromatic N) is 2. The molecule has 0 aliphatic carbocycles. The maximum atomic E-state index is 13.0. The van der Waals surface area contributed by atoms with Crippen LogP contribution in [0.4, 0.5) is 0 Å². The van der Waals surface area contributed by atoms with Crippen LogP contribution in [-0.2, 0) is 9.59 Å². The Hall–Kier alpha value is -2.74. The number of hydrogen-bond acceptors (Lipinski definition) is 6. The summed E-state index contributed by atoms with van der Waals surface area (Å²) in [6.07, 6.45) is 0.617. The summed E-state index contributed by atoms with van der Waals surface area (Å²) in [4.78, 5) is 29.3. The molecule has 9 heteroatoms. The van der Waals surface area contributed by atoms with Gasteiger partial charge in [0.05, 0.1) is 28.8 Å². The van der Waals surface area contributed by atoms with Crippen molar-refractivity contribution in [1.29, 1.82) is 0 Å². The number of rotatable bonds is 7. The molecule has 1 aliphatic heterocycles. The molecule has 1 fully saturated rings. The molecule has 1 saturated heterocycles. The number of halogens is 2. The summed E-state index contributed by atoms with van der Waals surface area (Å²) in [7, 11) is 5.25. The molecule has 1 aliphatic rings. The van der Waals surface area contributed by atoms with Crippen LogP contribution < -0.4 is 4.74 Å². The molecule has 0 aromatic heterocycles. The van der Waals surface area contributed by atoms with Gasteiger partial charge < -0.3 is 24.7 Å². The lowest BCUT2D eigenvalue weighted by Gasteiger charge is -2.26. The van der Waals surface area contributed by atoms with Crippen LogP contribution in [0, 0.1) is 0 Å². The number of phenols is 1. The molecule has 2 aromatic rings. The minimum Gasteiger partial charge on any atom is -0.507 e. The normalized spacial score (nSPS) is 17.9. The van der Waals surface area contributed by atoms with E-state index < -0.39 is 17.7 Å². The second kappa shape index (κ2) is 9.81. The maximum absolute atomic E-state index is 13.0. The van der Waals surface area contributed by atoms with Gasteiger partial charge in [-0.15, -0.1) is 0 Å². The Balaban J connectivity index is 2.14. The van der Waals surface area contributed by atoms with E-state index in [0.29, 0.717) is 30.1 Å². The van der Waals surface area contributed by atoms with Crippen molar-refractivity contribution in [2.24, 2.45) is 0 Å². The molecule has 3 rings (SSSR count). The van der Waals surface area contributed by atoms with Crippen molar-refractivity contribution < 1.29 is 24.5 Å². The first-order valence-corrected chi connectivity index (χ1v) is 10.7. The number of hydrogen-bond donors (Lipinski definition) is 2. The van der Waals surface area contributed by atoms with Crippen LogP contribution in [-0.4, -0.2) is 66.0 Å². The second-order valence-corrected chi connectivity index (χ2v) is 8.52. The standard InChI is InChI=1S/C23H24Cl2N2O5/c1-26(2)9-4-10-27-20(13-6-8-18(32-3)17(28)12-13)19(22(30)23(27)31)21(29)14-5-7-15(24)16(25)11-14/h5-8,11-12,20,28-29H,4,9-10H2,1-3H3/b21-19-. The van der Waals surface area contributed by atoms with Crippen LogP contribution in [0.1, 0.15) is 23.6 Å². The van der Waals surface area contributed by atoms with Gasteiger partial charge in [-0.2, -0.15) is 0 Å². The van der Waals surface area contributed by atoms with Gasteiger partial charge in [-0.3, -0.25) is 9.59 Å². The largest absolute Gasteiger partial charge is 0.507 e. The van der Waals surface area contributed by atoms with Crippen molar-refractivity contribution in [3.05, 3.63) is 63.1 Å². The lowest BCUT2D eigenvalue weighted by molar-refractivity contribution is -0.139. The highest BCUT2D eigenvalue weighted by Crippen LogP contribution is 2.42. The molecule has 1 amide bonds. The fourth-order valence-corrected chi connectivity index (χ4v) is 3.99. The van der Waals surface area contributed by atoms with Gasteiger partial charge in [-0.05, 0) is 63.0 Å². The van der Waals surface area contributed by atoms with Gasteiger partial charge in [0.25, 0.3) is 11.7 Å². The Morgan fingerprint density at radius 3 is 2.44 bits per heavy atom. The minimum absolute atomic E-state index is 0.0807. The van der Waals surface area contributed by atoms with E-state index in [0.717, 1.165) is 0 Å². The minimum atomic E-state index is -0.886. The number of carbonyl (C=O) groups is 2. The lowest BCUT2D eigenvalue weighted by atomic mass is 9.95. The molecule has 0 saturated carbocycles. The van der Waals surface area contributed by atoms with Gasteiger partial charge in [0.1, 0.15) is 5.76 Å². The van der Waals surface area contributed by atoms with Crippen LogP contribution in [0.2, 0.25) is 10.0 Å². The number of phenolic OH excluding ortho intramolecular Hbond substituents is 1. The van der Waals surface area contributed by atoms with Crippen molar-refractivity contribution in [2.75, 3.05) is 34.3 Å². The average Bonchev–Trinajstić information content (AvgIpc) is 3.00. The average molecular weight is 479 g/mol. The Bertz CT molecular complexity index is 1080.